The van der Waals surface area contributed by atoms with Crippen LogP contribution in [-0.4, -0.2) is 72.5 Å². The Morgan fingerprint density at radius 2 is 2.17 bits per heavy atom. The van der Waals surface area contributed by atoms with Gasteiger partial charge in [-0.15, -0.1) is 0 Å². The van der Waals surface area contributed by atoms with Crippen molar-refractivity contribution in [1.82, 2.24) is 9.80 Å². The van der Waals surface area contributed by atoms with E-state index >= 15 is 0 Å². The van der Waals surface area contributed by atoms with Crippen LogP contribution in [0.15, 0.2) is 0 Å². The molecule has 3 unspecified atom stereocenters. The Balaban J connectivity index is 1.81. The lowest BCUT2D eigenvalue weighted by Gasteiger charge is -2.48. The van der Waals surface area contributed by atoms with Crippen molar-refractivity contribution < 1.29 is 9.84 Å². The summed E-state index contributed by atoms with van der Waals surface area (Å²) in [5.41, 5.74) is 0. The number of aliphatic hydroxyl groups excluding tert-OH is 1. The van der Waals surface area contributed by atoms with Crippen molar-refractivity contribution in [2.24, 2.45) is 0 Å². The van der Waals surface area contributed by atoms with Crippen LogP contribution in [0.4, 0.5) is 0 Å². The second kappa shape index (κ2) is 6.85. The Bertz CT molecular complexity index is 250. The number of fused-ring (bicyclic) bond motifs is 1. The first-order chi connectivity index (χ1) is 8.70. The van der Waals surface area contributed by atoms with Crippen LogP contribution in [-0.2, 0) is 4.74 Å². The van der Waals surface area contributed by atoms with Gasteiger partial charge >= 0.3 is 0 Å². The average Bonchev–Trinajstić information content (AvgIpc) is 2.37. The van der Waals surface area contributed by atoms with E-state index in [2.05, 4.69) is 16.7 Å². The van der Waals surface area contributed by atoms with E-state index < -0.39 is 0 Å². The molecule has 2 rings (SSSR count). The number of ether oxygens (including phenoxy) is 1. The fourth-order valence-electron chi connectivity index (χ4n) is 3.24. The molecule has 3 atom stereocenters. The minimum atomic E-state index is -0.345. The van der Waals surface area contributed by atoms with Gasteiger partial charge in [0, 0.05) is 38.3 Å². The largest absolute Gasteiger partial charge is 0.389 e. The van der Waals surface area contributed by atoms with Gasteiger partial charge in [0.2, 0.25) is 0 Å². The van der Waals surface area contributed by atoms with E-state index in [1.54, 1.807) is 0 Å². The zero-order valence-electron chi connectivity index (χ0n) is 11.8. The number of nitrogens with zero attached hydrogens (tertiary/aromatic N) is 2. The molecular weight excluding hydrogens is 228 g/mol. The Labute approximate surface area is 111 Å². The molecule has 0 aromatic rings. The van der Waals surface area contributed by atoms with Crippen molar-refractivity contribution in [1.29, 1.82) is 0 Å². The van der Waals surface area contributed by atoms with Crippen molar-refractivity contribution >= 4 is 0 Å². The Morgan fingerprint density at radius 1 is 1.33 bits per heavy atom. The Kier molecular flexibility index (Phi) is 5.42. The Morgan fingerprint density at radius 3 is 2.94 bits per heavy atom. The van der Waals surface area contributed by atoms with Gasteiger partial charge in [-0.2, -0.15) is 0 Å². The van der Waals surface area contributed by atoms with Crippen LogP contribution in [0.25, 0.3) is 0 Å². The molecule has 2 heterocycles. The molecule has 0 spiro atoms. The fraction of sp³-hybridized carbons (Fsp3) is 1.00. The van der Waals surface area contributed by atoms with Gasteiger partial charge in [0.15, 0.2) is 0 Å². The number of hydrogen-bond acceptors (Lipinski definition) is 4. The highest BCUT2D eigenvalue weighted by atomic mass is 16.5. The van der Waals surface area contributed by atoms with Crippen molar-refractivity contribution in [2.75, 3.05) is 39.4 Å². The van der Waals surface area contributed by atoms with Crippen LogP contribution in [0.3, 0.4) is 0 Å². The van der Waals surface area contributed by atoms with E-state index in [4.69, 9.17) is 4.74 Å². The minimum absolute atomic E-state index is 0.345. The van der Waals surface area contributed by atoms with Gasteiger partial charge in [0.25, 0.3) is 0 Å². The second-order valence-electron chi connectivity index (χ2n) is 5.76. The lowest BCUT2D eigenvalue weighted by Crippen LogP contribution is -2.59. The highest BCUT2D eigenvalue weighted by Crippen LogP contribution is 2.23. The van der Waals surface area contributed by atoms with Crippen molar-refractivity contribution in [2.45, 2.75) is 51.3 Å². The summed E-state index contributed by atoms with van der Waals surface area (Å²) in [5.74, 6) is 0. The van der Waals surface area contributed by atoms with Gasteiger partial charge < -0.3 is 9.84 Å². The number of β-amino-alcohol motifs (C(OH)–C–C–N with tert-alkyl or cyclic N) is 1. The van der Waals surface area contributed by atoms with E-state index in [9.17, 15) is 5.11 Å². The minimum Gasteiger partial charge on any atom is -0.389 e. The van der Waals surface area contributed by atoms with Crippen LogP contribution in [0.5, 0.6) is 0 Å². The summed E-state index contributed by atoms with van der Waals surface area (Å²) in [5, 5.41) is 9.97. The molecule has 0 saturated carbocycles. The van der Waals surface area contributed by atoms with Crippen molar-refractivity contribution in [3.63, 3.8) is 0 Å². The molecule has 106 valence electrons. The number of aliphatic hydroxyl groups is 1. The van der Waals surface area contributed by atoms with E-state index in [-0.39, 0.29) is 6.10 Å². The highest BCUT2D eigenvalue weighted by Gasteiger charge is 2.33. The summed E-state index contributed by atoms with van der Waals surface area (Å²) in [7, 11) is 0. The molecule has 18 heavy (non-hydrogen) atoms. The maximum atomic E-state index is 9.97. The summed E-state index contributed by atoms with van der Waals surface area (Å²) >= 11 is 0. The molecule has 0 amide bonds. The van der Waals surface area contributed by atoms with Gasteiger partial charge in [0.1, 0.15) is 0 Å². The quantitative estimate of drug-likeness (QED) is 0.794. The van der Waals surface area contributed by atoms with Crippen LogP contribution >= 0.6 is 0 Å². The summed E-state index contributed by atoms with van der Waals surface area (Å²) in [6.45, 7) is 9.69. The van der Waals surface area contributed by atoms with Crippen molar-refractivity contribution in [3.8, 4) is 0 Å². The number of piperidine rings is 1. The molecule has 4 nitrogen and oxygen atoms in total. The van der Waals surface area contributed by atoms with Crippen molar-refractivity contribution in [3.05, 3.63) is 0 Å². The second-order valence-corrected chi connectivity index (χ2v) is 5.76. The summed E-state index contributed by atoms with van der Waals surface area (Å²) < 4.78 is 5.29. The smallest absolute Gasteiger partial charge is 0.0900 e. The third-order valence-corrected chi connectivity index (χ3v) is 4.28. The van der Waals surface area contributed by atoms with E-state index in [1.807, 2.05) is 6.92 Å². The maximum absolute atomic E-state index is 9.97. The molecule has 0 aromatic carbocycles. The summed E-state index contributed by atoms with van der Waals surface area (Å²) in [4.78, 5) is 5.08. The Hall–Kier alpha value is -0.160. The molecule has 0 bridgehead atoms. The van der Waals surface area contributed by atoms with Crippen LogP contribution in [0, 0.1) is 0 Å². The van der Waals surface area contributed by atoms with Gasteiger partial charge in [-0.25, -0.2) is 0 Å². The first-order valence-corrected chi connectivity index (χ1v) is 7.44. The van der Waals surface area contributed by atoms with E-state index in [0.717, 1.165) is 19.6 Å². The third kappa shape index (κ3) is 3.67. The van der Waals surface area contributed by atoms with Gasteiger partial charge in [-0.1, -0.05) is 6.42 Å². The summed E-state index contributed by atoms with van der Waals surface area (Å²) in [6, 6.07) is 1.27. The summed E-state index contributed by atoms with van der Waals surface area (Å²) in [6.07, 6.45) is 3.70. The molecular formula is C14H28N2O2. The molecule has 2 aliphatic heterocycles. The number of hydrogen-bond donors (Lipinski definition) is 1. The lowest BCUT2D eigenvalue weighted by atomic mass is 9.97. The SMILES string of the molecule is CCOCC(O)CN1CC2CCCCN2CC1C. The number of rotatable bonds is 5. The number of piperazine rings is 1. The van der Waals surface area contributed by atoms with Gasteiger partial charge in [0.05, 0.1) is 12.7 Å². The third-order valence-electron chi connectivity index (χ3n) is 4.28. The molecule has 2 saturated heterocycles. The first kappa shape index (κ1) is 14.3. The lowest BCUT2D eigenvalue weighted by molar-refractivity contribution is -0.0278. The maximum Gasteiger partial charge on any atom is 0.0900 e. The van der Waals surface area contributed by atoms with Crippen LogP contribution < -0.4 is 0 Å². The molecule has 0 radical (unpaired) electrons. The molecule has 4 heteroatoms. The first-order valence-electron chi connectivity index (χ1n) is 7.44. The average molecular weight is 256 g/mol. The molecule has 2 aliphatic rings. The predicted molar refractivity (Wildman–Crippen MR) is 72.7 cm³/mol. The van der Waals surface area contributed by atoms with Gasteiger partial charge in [-0.3, -0.25) is 9.80 Å². The predicted octanol–water partition coefficient (Wildman–Crippen LogP) is 0.942. The van der Waals surface area contributed by atoms with E-state index in [1.165, 1.54) is 25.8 Å². The molecule has 0 aliphatic carbocycles. The fourth-order valence-corrected chi connectivity index (χ4v) is 3.24. The monoisotopic (exact) mass is 256 g/mol. The molecule has 2 fully saturated rings. The zero-order chi connectivity index (χ0) is 13.0. The molecule has 0 aromatic heterocycles. The topological polar surface area (TPSA) is 35.9 Å². The normalized spacial score (nSPS) is 32.2. The van der Waals surface area contributed by atoms with E-state index in [0.29, 0.717) is 25.3 Å². The standard InChI is InChI=1S/C14H28N2O2/c1-3-18-11-14(17)10-16-9-13-6-4-5-7-15(13)8-12(16)2/h12-14,17H,3-11H2,1-2H3. The van der Waals surface area contributed by atoms with Crippen LogP contribution in [0.1, 0.15) is 33.1 Å². The molecule has 1 N–H and O–H groups in total. The highest BCUT2D eigenvalue weighted by molar-refractivity contribution is 4.89. The van der Waals surface area contributed by atoms with Crippen LogP contribution in [0.2, 0.25) is 0 Å². The zero-order valence-corrected chi connectivity index (χ0v) is 11.8. The van der Waals surface area contributed by atoms with Gasteiger partial charge in [-0.05, 0) is 33.2 Å².